The van der Waals surface area contributed by atoms with Gasteiger partial charge in [0, 0.05) is 12.2 Å². The Morgan fingerprint density at radius 3 is 2.43 bits per heavy atom. The molecule has 2 heterocycles. The smallest absolute Gasteiger partial charge is 0.338 e. The van der Waals surface area contributed by atoms with Crippen LogP contribution in [0.2, 0.25) is 0 Å². The molecule has 1 aromatic rings. The van der Waals surface area contributed by atoms with Gasteiger partial charge in [-0.05, 0) is 50.6 Å². The van der Waals surface area contributed by atoms with Crippen molar-refractivity contribution >= 4 is 12.0 Å². The van der Waals surface area contributed by atoms with E-state index in [4.69, 9.17) is 9.47 Å². The molecule has 2 aliphatic rings. The second-order valence-electron chi connectivity index (χ2n) is 7.11. The van der Waals surface area contributed by atoms with Crippen LogP contribution in [-0.2, 0) is 9.53 Å². The van der Waals surface area contributed by atoms with Gasteiger partial charge < -0.3 is 20.1 Å². The Labute approximate surface area is 166 Å². The summed E-state index contributed by atoms with van der Waals surface area (Å²) in [6.07, 6.45) is 4.72. The van der Waals surface area contributed by atoms with Crippen molar-refractivity contribution in [2.75, 3.05) is 33.4 Å². The third-order valence-corrected chi connectivity index (χ3v) is 5.16. The second kappa shape index (κ2) is 9.59. The Hall–Kier alpha value is -2.54. The number of urea groups is 1. The number of ether oxygens (including phenoxy) is 2. The highest BCUT2D eigenvalue weighted by Gasteiger charge is 2.34. The Morgan fingerprint density at radius 2 is 1.82 bits per heavy atom. The Balaban J connectivity index is 1.92. The fourth-order valence-corrected chi connectivity index (χ4v) is 3.78. The SMILES string of the molecule is CCOc1ccc([C@H]2NC(=O)NC(CN3CCCCCC3)=C2C(=O)OC)cc1. The quantitative estimate of drug-likeness (QED) is 0.734. The molecule has 7 nitrogen and oxygen atoms in total. The molecule has 3 rings (SSSR count). The van der Waals surface area contributed by atoms with Crippen LogP contribution in [0.3, 0.4) is 0 Å². The van der Waals surface area contributed by atoms with Gasteiger partial charge in [-0.3, -0.25) is 4.90 Å². The van der Waals surface area contributed by atoms with Crippen molar-refractivity contribution in [3.63, 3.8) is 0 Å². The number of carbonyl (C=O) groups is 2. The topological polar surface area (TPSA) is 79.9 Å². The van der Waals surface area contributed by atoms with E-state index in [0.717, 1.165) is 37.2 Å². The number of amides is 2. The number of nitrogens with one attached hydrogen (secondary N) is 2. The summed E-state index contributed by atoms with van der Waals surface area (Å²) in [5, 5.41) is 5.70. The normalized spacial score (nSPS) is 20.8. The first-order valence-electron chi connectivity index (χ1n) is 9.96. The molecule has 28 heavy (non-hydrogen) atoms. The van der Waals surface area contributed by atoms with Crippen molar-refractivity contribution in [1.29, 1.82) is 0 Å². The summed E-state index contributed by atoms with van der Waals surface area (Å²) in [5.74, 6) is 0.316. The van der Waals surface area contributed by atoms with Crippen LogP contribution in [0.25, 0.3) is 0 Å². The van der Waals surface area contributed by atoms with E-state index < -0.39 is 12.0 Å². The summed E-state index contributed by atoms with van der Waals surface area (Å²) in [5.41, 5.74) is 1.89. The zero-order chi connectivity index (χ0) is 19.9. The molecule has 1 aromatic carbocycles. The van der Waals surface area contributed by atoms with E-state index >= 15 is 0 Å². The number of methoxy groups -OCH3 is 1. The maximum atomic E-state index is 12.6. The zero-order valence-corrected chi connectivity index (χ0v) is 16.6. The van der Waals surface area contributed by atoms with Gasteiger partial charge in [0.1, 0.15) is 5.75 Å². The minimum atomic E-state index is -0.557. The maximum Gasteiger partial charge on any atom is 0.338 e. The molecule has 2 aliphatic heterocycles. The van der Waals surface area contributed by atoms with Crippen LogP contribution in [0.5, 0.6) is 5.75 Å². The number of esters is 1. The summed E-state index contributed by atoms with van der Waals surface area (Å²) in [6.45, 7) is 4.97. The van der Waals surface area contributed by atoms with Gasteiger partial charge >= 0.3 is 12.0 Å². The maximum absolute atomic E-state index is 12.6. The average molecular weight is 387 g/mol. The highest BCUT2D eigenvalue weighted by atomic mass is 16.5. The van der Waals surface area contributed by atoms with E-state index in [0.29, 0.717) is 24.4 Å². The van der Waals surface area contributed by atoms with Crippen molar-refractivity contribution < 1.29 is 19.1 Å². The molecule has 2 amide bonds. The van der Waals surface area contributed by atoms with Crippen molar-refractivity contribution in [1.82, 2.24) is 15.5 Å². The molecule has 2 N–H and O–H groups in total. The van der Waals surface area contributed by atoms with Crippen LogP contribution in [0.4, 0.5) is 4.79 Å². The van der Waals surface area contributed by atoms with E-state index in [2.05, 4.69) is 15.5 Å². The van der Waals surface area contributed by atoms with Gasteiger partial charge in [-0.2, -0.15) is 0 Å². The molecule has 0 saturated carbocycles. The molecule has 1 fully saturated rings. The van der Waals surface area contributed by atoms with Crippen LogP contribution >= 0.6 is 0 Å². The van der Waals surface area contributed by atoms with Gasteiger partial charge in [-0.15, -0.1) is 0 Å². The summed E-state index contributed by atoms with van der Waals surface area (Å²) in [4.78, 5) is 27.3. The monoisotopic (exact) mass is 387 g/mol. The van der Waals surface area contributed by atoms with Crippen LogP contribution in [0.15, 0.2) is 35.5 Å². The van der Waals surface area contributed by atoms with Crippen LogP contribution < -0.4 is 15.4 Å². The predicted molar refractivity (Wildman–Crippen MR) is 106 cm³/mol. The van der Waals surface area contributed by atoms with Gasteiger partial charge in [0.25, 0.3) is 0 Å². The lowest BCUT2D eigenvalue weighted by Gasteiger charge is -2.31. The molecule has 0 radical (unpaired) electrons. The fourth-order valence-electron chi connectivity index (χ4n) is 3.78. The first kappa shape index (κ1) is 20.2. The fraction of sp³-hybridized carbons (Fsp3) is 0.524. The van der Waals surface area contributed by atoms with Gasteiger partial charge in [0.05, 0.1) is 25.3 Å². The minimum Gasteiger partial charge on any atom is -0.494 e. The number of rotatable bonds is 6. The molecule has 1 saturated heterocycles. The van der Waals surface area contributed by atoms with E-state index in [9.17, 15) is 9.59 Å². The number of hydrogen-bond donors (Lipinski definition) is 2. The summed E-state index contributed by atoms with van der Waals surface area (Å²) < 4.78 is 10.5. The van der Waals surface area contributed by atoms with E-state index in [1.807, 2.05) is 31.2 Å². The molecule has 0 unspecified atom stereocenters. The largest absolute Gasteiger partial charge is 0.494 e. The molecular formula is C21H29N3O4. The first-order chi connectivity index (χ1) is 13.6. The van der Waals surface area contributed by atoms with E-state index in [1.165, 1.54) is 20.0 Å². The molecule has 0 spiro atoms. The molecule has 0 bridgehead atoms. The van der Waals surface area contributed by atoms with Gasteiger partial charge in [-0.25, -0.2) is 9.59 Å². The third-order valence-electron chi connectivity index (χ3n) is 5.16. The molecule has 7 heteroatoms. The van der Waals surface area contributed by atoms with Crippen molar-refractivity contribution in [2.24, 2.45) is 0 Å². The summed E-state index contributed by atoms with van der Waals surface area (Å²) in [6, 6.07) is 6.56. The Bertz CT molecular complexity index is 722. The number of likely N-dealkylation sites (tertiary alicyclic amines) is 1. The van der Waals surface area contributed by atoms with Crippen molar-refractivity contribution in [2.45, 2.75) is 38.6 Å². The number of carbonyl (C=O) groups excluding carboxylic acids is 2. The summed E-state index contributed by atoms with van der Waals surface area (Å²) in [7, 11) is 1.37. The third kappa shape index (κ3) is 4.84. The molecule has 0 aromatic heterocycles. The molecule has 0 aliphatic carbocycles. The first-order valence-corrected chi connectivity index (χ1v) is 9.96. The van der Waals surface area contributed by atoms with E-state index in [-0.39, 0.29) is 6.03 Å². The highest BCUT2D eigenvalue weighted by molar-refractivity contribution is 5.95. The van der Waals surface area contributed by atoms with Crippen LogP contribution in [-0.4, -0.2) is 50.3 Å². The lowest BCUT2D eigenvalue weighted by atomic mass is 9.95. The Morgan fingerprint density at radius 1 is 1.14 bits per heavy atom. The van der Waals surface area contributed by atoms with E-state index in [1.54, 1.807) is 0 Å². The van der Waals surface area contributed by atoms with Gasteiger partial charge in [-0.1, -0.05) is 25.0 Å². The lowest BCUT2D eigenvalue weighted by Crippen LogP contribution is -2.48. The van der Waals surface area contributed by atoms with Gasteiger partial charge in [0.15, 0.2) is 0 Å². The van der Waals surface area contributed by atoms with Crippen molar-refractivity contribution in [3.05, 3.63) is 41.1 Å². The number of nitrogens with zero attached hydrogens (tertiary/aromatic N) is 1. The molecular weight excluding hydrogens is 358 g/mol. The zero-order valence-electron chi connectivity index (χ0n) is 16.6. The number of hydrogen-bond acceptors (Lipinski definition) is 5. The van der Waals surface area contributed by atoms with Crippen molar-refractivity contribution in [3.8, 4) is 5.75 Å². The standard InChI is InChI=1S/C21H29N3O4/c1-3-28-16-10-8-15(9-11-16)19-18(20(25)27-2)17(22-21(26)23-19)14-24-12-6-4-5-7-13-24/h8-11,19H,3-7,12-14H2,1-2H3,(H2,22,23,26)/t19-/m1/s1. The number of benzene rings is 1. The lowest BCUT2D eigenvalue weighted by molar-refractivity contribution is -0.136. The highest BCUT2D eigenvalue weighted by Crippen LogP contribution is 2.29. The second-order valence-corrected chi connectivity index (χ2v) is 7.11. The van der Waals surface area contributed by atoms with Crippen LogP contribution in [0.1, 0.15) is 44.2 Å². The average Bonchev–Trinajstić information content (AvgIpc) is 2.96. The minimum absolute atomic E-state index is 0.309. The molecule has 1 atom stereocenters. The summed E-state index contributed by atoms with van der Waals surface area (Å²) >= 11 is 0. The van der Waals surface area contributed by atoms with Crippen LogP contribution in [0, 0.1) is 0 Å². The van der Waals surface area contributed by atoms with Gasteiger partial charge in [0.2, 0.25) is 0 Å². The predicted octanol–water partition coefficient (Wildman–Crippen LogP) is 2.74. The molecule has 152 valence electrons. The Kier molecular flexibility index (Phi) is 6.92.